The van der Waals surface area contributed by atoms with E-state index in [1.54, 1.807) is 40.6 Å². The van der Waals surface area contributed by atoms with Crippen molar-refractivity contribution < 1.29 is 19.1 Å². The van der Waals surface area contributed by atoms with Crippen LogP contribution in [0.15, 0.2) is 35.7 Å². The van der Waals surface area contributed by atoms with E-state index in [0.717, 1.165) is 0 Å². The summed E-state index contributed by atoms with van der Waals surface area (Å²) in [6.45, 7) is 2.36. The van der Waals surface area contributed by atoms with Gasteiger partial charge in [-0.3, -0.25) is 14.4 Å². The van der Waals surface area contributed by atoms with Crippen LogP contribution in [0.4, 0.5) is 5.00 Å². The molecule has 1 atom stereocenters. The number of rotatable bonds is 5. The molecule has 1 saturated heterocycles. The number of nitrogens with one attached hydrogen (secondary N) is 1. The Balaban J connectivity index is 1.49. The number of halogens is 1. The van der Waals surface area contributed by atoms with Gasteiger partial charge >= 0.3 is 5.97 Å². The van der Waals surface area contributed by atoms with E-state index < -0.39 is 18.0 Å². The van der Waals surface area contributed by atoms with Crippen molar-refractivity contribution in [3.05, 3.63) is 51.9 Å². The van der Waals surface area contributed by atoms with Gasteiger partial charge in [-0.1, -0.05) is 11.6 Å². The van der Waals surface area contributed by atoms with Crippen molar-refractivity contribution in [2.24, 2.45) is 5.92 Å². The van der Waals surface area contributed by atoms with E-state index in [-0.39, 0.29) is 11.8 Å². The Bertz CT molecular complexity index is 975. The number of ether oxygens (including phenoxy) is 1. The number of anilines is 1. The van der Waals surface area contributed by atoms with Gasteiger partial charge in [-0.15, -0.1) is 11.3 Å². The summed E-state index contributed by atoms with van der Waals surface area (Å²) in [6, 6.07) is 10.3. The predicted octanol–water partition coefficient (Wildman–Crippen LogP) is 3.70. The molecule has 2 heterocycles. The standard InChI is InChI=1S/C21H20ClN3O4S/c1-13(18(26)24-19-16(12-23)8-11-30-19)29-21(28)15-6-9-25(10-7-15)20(27)14-2-4-17(22)5-3-14/h2-5,8,11,13,15H,6-7,9-10H2,1H3,(H,24,26). The summed E-state index contributed by atoms with van der Waals surface area (Å²) in [6.07, 6.45) is -0.0497. The summed E-state index contributed by atoms with van der Waals surface area (Å²) in [4.78, 5) is 39.0. The van der Waals surface area contributed by atoms with Crippen LogP contribution in [-0.2, 0) is 14.3 Å². The van der Waals surface area contributed by atoms with Gasteiger partial charge in [0.05, 0.1) is 11.5 Å². The van der Waals surface area contributed by atoms with Crippen LogP contribution in [0.1, 0.15) is 35.7 Å². The lowest BCUT2D eigenvalue weighted by Gasteiger charge is -2.31. The number of amides is 2. The molecule has 1 aromatic carbocycles. The topological polar surface area (TPSA) is 99.5 Å². The molecule has 0 saturated carbocycles. The van der Waals surface area contributed by atoms with Crippen molar-refractivity contribution in [1.82, 2.24) is 4.90 Å². The van der Waals surface area contributed by atoms with Gasteiger partial charge < -0.3 is 15.0 Å². The van der Waals surface area contributed by atoms with Crippen molar-refractivity contribution >= 4 is 45.7 Å². The molecular formula is C21H20ClN3O4S. The summed E-state index contributed by atoms with van der Waals surface area (Å²) >= 11 is 7.08. The fourth-order valence-electron chi connectivity index (χ4n) is 3.12. The molecule has 1 unspecified atom stereocenters. The van der Waals surface area contributed by atoms with E-state index in [9.17, 15) is 14.4 Å². The van der Waals surface area contributed by atoms with Crippen LogP contribution < -0.4 is 5.32 Å². The second-order valence-corrected chi connectivity index (χ2v) is 8.27. The van der Waals surface area contributed by atoms with E-state index in [1.165, 1.54) is 18.3 Å². The van der Waals surface area contributed by atoms with E-state index in [0.29, 0.717) is 47.1 Å². The lowest BCUT2D eigenvalue weighted by Crippen LogP contribution is -2.41. The zero-order valence-electron chi connectivity index (χ0n) is 16.3. The highest BCUT2D eigenvalue weighted by Crippen LogP contribution is 2.24. The molecule has 7 nitrogen and oxygen atoms in total. The average Bonchev–Trinajstić information content (AvgIpc) is 3.20. The molecule has 30 heavy (non-hydrogen) atoms. The molecule has 3 rings (SSSR count). The molecule has 0 aliphatic carbocycles. The van der Waals surface area contributed by atoms with Gasteiger partial charge in [0.2, 0.25) is 0 Å². The van der Waals surface area contributed by atoms with Crippen molar-refractivity contribution in [3.8, 4) is 6.07 Å². The van der Waals surface area contributed by atoms with Crippen LogP contribution in [0, 0.1) is 17.2 Å². The third-order valence-electron chi connectivity index (χ3n) is 4.89. The summed E-state index contributed by atoms with van der Waals surface area (Å²) in [5.41, 5.74) is 0.917. The summed E-state index contributed by atoms with van der Waals surface area (Å²) < 4.78 is 5.32. The van der Waals surface area contributed by atoms with Gasteiger partial charge in [0.1, 0.15) is 11.1 Å². The highest BCUT2D eigenvalue weighted by Gasteiger charge is 2.31. The zero-order chi connectivity index (χ0) is 21.7. The molecule has 1 aromatic heterocycles. The Hall–Kier alpha value is -2.89. The average molecular weight is 446 g/mol. The van der Waals surface area contributed by atoms with Gasteiger partial charge in [-0.25, -0.2) is 0 Å². The smallest absolute Gasteiger partial charge is 0.309 e. The van der Waals surface area contributed by atoms with Gasteiger partial charge in [0.25, 0.3) is 11.8 Å². The third-order valence-corrected chi connectivity index (χ3v) is 5.97. The first-order chi connectivity index (χ1) is 14.4. The van der Waals surface area contributed by atoms with Crippen LogP contribution in [0.3, 0.4) is 0 Å². The van der Waals surface area contributed by atoms with Crippen LogP contribution in [0.5, 0.6) is 0 Å². The van der Waals surface area contributed by atoms with Crippen molar-refractivity contribution in [3.63, 3.8) is 0 Å². The number of nitriles is 1. The third kappa shape index (κ3) is 5.17. The number of carbonyl (C=O) groups excluding carboxylic acids is 3. The number of likely N-dealkylation sites (tertiary alicyclic amines) is 1. The van der Waals surface area contributed by atoms with Crippen LogP contribution >= 0.6 is 22.9 Å². The van der Waals surface area contributed by atoms with Crippen LogP contribution in [-0.4, -0.2) is 41.9 Å². The molecule has 9 heteroatoms. The Labute approximate surface area is 183 Å². The molecule has 1 N–H and O–H groups in total. The zero-order valence-corrected chi connectivity index (χ0v) is 17.8. The number of piperidine rings is 1. The maximum absolute atomic E-state index is 12.6. The molecule has 0 radical (unpaired) electrons. The van der Waals surface area contributed by atoms with Gasteiger partial charge in [-0.05, 0) is 55.5 Å². The van der Waals surface area contributed by atoms with Crippen molar-refractivity contribution in [2.75, 3.05) is 18.4 Å². The number of hydrogen-bond acceptors (Lipinski definition) is 6. The Morgan fingerprint density at radius 1 is 1.23 bits per heavy atom. The number of hydrogen-bond donors (Lipinski definition) is 1. The van der Waals surface area contributed by atoms with Gasteiger partial charge in [-0.2, -0.15) is 5.26 Å². The molecule has 0 bridgehead atoms. The van der Waals surface area contributed by atoms with Crippen LogP contribution in [0.25, 0.3) is 0 Å². The lowest BCUT2D eigenvalue weighted by atomic mass is 9.96. The minimum atomic E-state index is -0.986. The minimum absolute atomic E-state index is 0.101. The number of nitrogens with zero attached hydrogens (tertiary/aromatic N) is 2. The molecule has 156 valence electrons. The summed E-state index contributed by atoms with van der Waals surface area (Å²) in [7, 11) is 0. The largest absolute Gasteiger partial charge is 0.452 e. The molecule has 1 aliphatic heterocycles. The Morgan fingerprint density at radius 2 is 1.90 bits per heavy atom. The number of esters is 1. The second-order valence-electron chi connectivity index (χ2n) is 6.92. The molecule has 2 amide bonds. The molecule has 2 aromatic rings. The SMILES string of the molecule is CC(OC(=O)C1CCN(C(=O)c2ccc(Cl)cc2)CC1)C(=O)Nc1sccc1C#N. The van der Waals surface area contributed by atoms with E-state index in [2.05, 4.69) is 5.32 Å². The maximum Gasteiger partial charge on any atom is 0.309 e. The first kappa shape index (κ1) is 21.8. The lowest BCUT2D eigenvalue weighted by molar-refractivity contribution is -0.158. The molecule has 1 fully saturated rings. The first-order valence-corrected chi connectivity index (χ1v) is 10.7. The predicted molar refractivity (Wildman–Crippen MR) is 113 cm³/mol. The van der Waals surface area contributed by atoms with E-state index in [4.69, 9.17) is 21.6 Å². The molecular weight excluding hydrogens is 426 g/mol. The van der Waals surface area contributed by atoms with Gasteiger partial charge in [0, 0.05) is 23.7 Å². The normalized spacial score (nSPS) is 15.2. The second kappa shape index (κ2) is 9.74. The summed E-state index contributed by atoms with van der Waals surface area (Å²) in [5.74, 6) is -1.41. The monoisotopic (exact) mass is 445 g/mol. The first-order valence-electron chi connectivity index (χ1n) is 9.43. The van der Waals surface area contributed by atoms with Crippen molar-refractivity contribution in [2.45, 2.75) is 25.9 Å². The van der Waals surface area contributed by atoms with Gasteiger partial charge in [0.15, 0.2) is 6.10 Å². The number of benzene rings is 1. The number of thiophene rings is 1. The Kier molecular flexibility index (Phi) is 7.08. The van der Waals surface area contributed by atoms with Crippen molar-refractivity contribution in [1.29, 1.82) is 5.26 Å². The van der Waals surface area contributed by atoms with Crippen LogP contribution in [0.2, 0.25) is 5.02 Å². The fourth-order valence-corrected chi connectivity index (χ4v) is 3.99. The number of carbonyl (C=O) groups is 3. The van der Waals surface area contributed by atoms with E-state index >= 15 is 0 Å². The quantitative estimate of drug-likeness (QED) is 0.707. The highest BCUT2D eigenvalue weighted by atomic mass is 35.5. The minimum Gasteiger partial charge on any atom is -0.452 e. The summed E-state index contributed by atoms with van der Waals surface area (Å²) in [5, 5.41) is 14.3. The molecule has 1 aliphatic rings. The Morgan fingerprint density at radius 3 is 2.53 bits per heavy atom. The molecule has 0 spiro atoms. The highest BCUT2D eigenvalue weighted by molar-refractivity contribution is 7.14. The van der Waals surface area contributed by atoms with E-state index in [1.807, 2.05) is 6.07 Å². The fraction of sp³-hybridized carbons (Fsp3) is 0.333. The maximum atomic E-state index is 12.6.